The molecule has 0 N–H and O–H groups in total. The van der Waals surface area contributed by atoms with E-state index in [9.17, 15) is 27.6 Å². The Kier molecular flexibility index (Phi) is 17.3. The SMILES string of the molecule is COc1ccc(COc2cnc(N(C)C(=O)[C@@H]3C=C(C)[C@@H]4CN3C(=O)N4OS(=O)(=O)ON3C(=O)N4C[C@H]3C(C)=C[C@H]4C(=O)N(C)c3cc(OCc4ccc(OC)cc4)c(OCc4ccc(OC)cc4)cn3)cc2OCc2ccc(OC)cc2)cc1. The first kappa shape index (κ1) is 58.6. The lowest BCUT2D eigenvalue weighted by atomic mass is 10.0. The molecule has 6 aromatic rings. The molecule has 4 bridgehead atoms. The lowest BCUT2D eigenvalue weighted by Crippen LogP contribution is -2.49. The summed E-state index contributed by atoms with van der Waals surface area (Å²) >= 11 is 0. The maximum absolute atomic E-state index is 14.4. The van der Waals surface area contributed by atoms with Gasteiger partial charge in [-0.1, -0.05) is 60.7 Å². The van der Waals surface area contributed by atoms with Crippen LogP contribution in [0.25, 0.3) is 0 Å². The van der Waals surface area contributed by atoms with E-state index < -0.39 is 58.4 Å². The lowest BCUT2D eigenvalue weighted by molar-refractivity contribution is -0.121. The average Bonchev–Trinajstić information content (AvgIpc) is 2.05. The first-order valence-electron chi connectivity index (χ1n) is 26.7. The molecular formula is C60H62N8O16S. The number of likely N-dealkylation sites (N-methyl/N-ethyl adjacent to an activating group) is 2. The number of benzene rings is 4. The Balaban J connectivity index is 0.793. The van der Waals surface area contributed by atoms with Crippen LogP contribution in [0.2, 0.25) is 0 Å². The number of methoxy groups -OCH3 is 4. The minimum absolute atomic E-state index is 0.128. The number of aromatic nitrogens is 2. The molecule has 10 rings (SSSR count). The highest BCUT2D eigenvalue weighted by Crippen LogP contribution is 2.38. The molecule has 0 radical (unpaired) electrons. The van der Waals surface area contributed by atoms with Crippen LogP contribution in [0, 0.1) is 0 Å². The zero-order chi connectivity index (χ0) is 60.1. The van der Waals surface area contributed by atoms with Crippen molar-refractivity contribution in [2.45, 2.75) is 64.4 Å². The molecule has 6 heterocycles. The Morgan fingerprint density at radius 3 is 1.08 bits per heavy atom. The highest BCUT2D eigenvalue weighted by Gasteiger charge is 2.53. The first-order valence-corrected chi connectivity index (χ1v) is 28.1. The van der Waals surface area contributed by atoms with Crippen molar-refractivity contribution in [3.05, 3.63) is 167 Å². The van der Waals surface area contributed by atoms with Gasteiger partial charge in [0.1, 0.15) is 85.2 Å². The number of nitrogens with zero attached hydrogens (tertiary/aromatic N) is 8. The number of carbonyl (C=O) groups excluding carboxylic acids is 4. The summed E-state index contributed by atoms with van der Waals surface area (Å²) in [5.41, 5.74) is 4.22. The van der Waals surface area contributed by atoms with Crippen LogP contribution in [-0.2, 0) is 55.0 Å². The summed E-state index contributed by atoms with van der Waals surface area (Å²) in [6, 6.07) is 26.1. The van der Waals surface area contributed by atoms with Crippen LogP contribution >= 0.6 is 0 Å². The highest BCUT2D eigenvalue weighted by atomic mass is 32.3. The van der Waals surface area contributed by atoms with Gasteiger partial charge in [-0.3, -0.25) is 19.4 Å². The maximum atomic E-state index is 14.4. The fourth-order valence-corrected chi connectivity index (χ4v) is 10.6. The average molecular weight is 1180 g/mol. The third-order valence-electron chi connectivity index (χ3n) is 14.8. The van der Waals surface area contributed by atoms with Gasteiger partial charge in [-0.2, -0.15) is 18.5 Å². The first-order chi connectivity index (χ1) is 40.9. The lowest BCUT2D eigenvalue weighted by Gasteiger charge is -2.30. The molecule has 4 aliphatic heterocycles. The van der Waals surface area contributed by atoms with Gasteiger partial charge in [-0.15, -0.1) is 8.57 Å². The number of hydrogen-bond donors (Lipinski definition) is 0. The van der Waals surface area contributed by atoms with Gasteiger partial charge in [-0.05, 0) is 95.8 Å². The number of ether oxygens (including phenoxy) is 8. The van der Waals surface area contributed by atoms with E-state index in [2.05, 4.69) is 9.97 Å². The van der Waals surface area contributed by atoms with E-state index in [0.717, 1.165) is 32.1 Å². The van der Waals surface area contributed by atoms with Crippen molar-refractivity contribution in [2.24, 2.45) is 0 Å². The number of fused-ring (bicyclic) bond motifs is 4. The number of urea groups is 2. The van der Waals surface area contributed by atoms with Gasteiger partial charge in [0.25, 0.3) is 11.8 Å². The molecule has 0 unspecified atom stereocenters. The Hall–Kier alpha value is -9.59. The van der Waals surface area contributed by atoms with Gasteiger partial charge in [0.05, 0.1) is 53.9 Å². The molecule has 6 amide bonds. The van der Waals surface area contributed by atoms with E-state index in [-0.39, 0.29) is 62.7 Å². The highest BCUT2D eigenvalue weighted by molar-refractivity contribution is 7.81. The summed E-state index contributed by atoms with van der Waals surface area (Å²) < 4.78 is 84.5. The van der Waals surface area contributed by atoms with Gasteiger partial charge < -0.3 is 47.7 Å². The van der Waals surface area contributed by atoms with Gasteiger partial charge in [0.2, 0.25) is 0 Å². The second-order valence-electron chi connectivity index (χ2n) is 20.1. The normalized spacial score (nSPS) is 17.9. The molecule has 4 aromatic carbocycles. The summed E-state index contributed by atoms with van der Waals surface area (Å²) in [5, 5.41) is 1.20. The predicted molar refractivity (Wildman–Crippen MR) is 306 cm³/mol. The fraction of sp³-hybridized carbons (Fsp3) is 0.300. The van der Waals surface area contributed by atoms with E-state index in [0.29, 0.717) is 55.8 Å². The molecule has 85 heavy (non-hydrogen) atoms. The van der Waals surface area contributed by atoms with Crippen molar-refractivity contribution in [3.63, 3.8) is 0 Å². The van der Waals surface area contributed by atoms with Crippen LogP contribution in [0.4, 0.5) is 21.2 Å². The van der Waals surface area contributed by atoms with Crippen molar-refractivity contribution in [2.75, 3.05) is 65.4 Å². The molecule has 4 aliphatic rings. The fourth-order valence-electron chi connectivity index (χ4n) is 9.80. The Labute approximate surface area is 491 Å². The van der Waals surface area contributed by atoms with Crippen LogP contribution in [0.15, 0.2) is 145 Å². The largest absolute Gasteiger partial charge is 0.497 e. The topological polar surface area (TPSA) is 240 Å². The predicted octanol–water partition coefficient (Wildman–Crippen LogP) is 7.43. The summed E-state index contributed by atoms with van der Waals surface area (Å²) in [6.45, 7) is 3.58. The molecule has 0 aliphatic carbocycles. The zero-order valence-electron chi connectivity index (χ0n) is 47.8. The second kappa shape index (κ2) is 25.1. The van der Waals surface area contributed by atoms with Gasteiger partial charge in [-0.25, -0.2) is 19.6 Å². The number of hydrogen-bond acceptors (Lipinski definition) is 18. The smallest absolute Gasteiger partial charge is 0.442 e. The van der Waals surface area contributed by atoms with E-state index in [1.54, 1.807) is 78.7 Å². The van der Waals surface area contributed by atoms with Gasteiger partial charge >= 0.3 is 22.5 Å². The molecule has 2 aromatic heterocycles. The number of anilines is 2. The Bertz CT molecular complexity index is 3400. The summed E-state index contributed by atoms with van der Waals surface area (Å²) in [5.74, 6) is 3.01. The van der Waals surface area contributed by atoms with Gasteiger partial charge in [0, 0.05) is 26.2 Å². The minimum atomic E-state index is -5.24. The van der Waals surface area contributed by atoms with Crippen LogP contribution in [0.5, 0.6) is 46.0 Å². The van der Waals surface area contributed by atoms with E-state index >= 15 is 0 Å². The van der Waals surface area contributed by atoms with Gasteiger partial charge in [0.15, 0.2) is 23.0 Å². The van der Waals surface area contributed by atoms with Crippen molar-refractivity contribution < 1.29 is 74.1 Å². The molecular weight excluding hydrogens is 1120 g/mol. The van der Waals surface area contributed by atoms with Crippen LogP contribution in [0.3, 0.4) is 0 Å². The second-order valence-corrected chi connectivity index (χ2v) is 21.3. The quantitative estimate of drug-likeness (QED) is 0.0535. The minimum Gasteiger partial charge on any atom is -0.497 e. The van der Waals surface area contributed by atoms with E-state index in [1.807, 2.05) is 72.8 Å². The van der Waals surface area contributed by atoms with E-state index in [1.165, 1.54) is 48.4 Å². The Morgan fingerprint density at radius 1 is 0.494 bits per heavy atom. The number of pyridine rings is 2. The summed E-state index contributed by atoms with van der Waals surface area (Å²) in [7, 11) is 4.03. The third kappa shape index (κ3) is 12.8. The van der Waals surface area contributed by atoms with Crippen LogP contribution in [0.1, 0.15) is 36.1 Å². The van der Waals surface area contributed by atoms with E-state index in [4.69, 9.17) is 46.5 Å². The Morgan fingerprint density at radius 2 is 0.788 bits per heavy atom. The van der Waals surface area contributed by atoms with Crippen LogP contribution < -0.4 is 47.7 Å². The molecule has 4 atom stereocenters. The molecule has 0 saturated carbocycles. The number of carbonyl (C=O) groups is 4. The monoisotopic (exact) mass is 1180 g/mol. The van der Waals surface area contributed by atoms with Crippen molar-refractivity contribution in [1.82, 2.24) is 29.9 Å². The summed E-state index contributed by atoms with van der Waals surface area (Å²) in [4.78, 5) is 71.0. The molecule has 24 nitrogen and oxygen atoms in total. The molecule has 2 saturated heterocycles. The number of hydroxylamine groups is 4. The standard InChI is InChI=1S/C60H62N8O16S/c1-37-25-47(57(69)63(3)55-27-51(79-33-39-9-17-43(75-5)18-10-39)53(29-61-55)81-35-41-13-21-45(77-7)22-14-41)65-31-49(37)67(59(65)71)83-85(73,74)84-68-50-32-66(60(68)72)48(26-38(50)2)58(70)64(4)56-28-52(80-34-40-11-19-44(76-6)20-12-40)54(30-62-56)82-36-42-15-23-46(78-8)24-16-42/h9-30,47-50H,31-36H2,1-8H3/t47-,48-,49-,50-/m0/s1. The van der Waals surface area contributed by atoms with Crippen molar-refractivity contribution in [1.29, 1.82) is 0 Å². The third-order valence-corrected chi connectivity index (χ3v) is 15.5. The molecule has 0 spiro atoms. The maximum Gasteiger partial charge on any atom is 0.442 e. The van der Waals surface area contributed by atoms with Crippen molar-refractivity contribution >= 4 is 45.9 Å². The molecule has 444 valence electrons. The molecule has 2 fully saturated rings. The summed E-state index contributed by atoms with van der Waals surface area (Å²) in [6.07, 6.45) is 5.95. The number of amides is 6. The zero-order valence-corrected chi connectivity index (χ0v) is 48.6. The number of rotatable bonds is 24. The van der Waals surface area contributed by atoms with Crippen LogP contribution in [-0.4, -0.2) is 142 Å². The van der Waals surface area contributed by atoms with Crippen molar-refractivity contribution in [3.8, 4) is 46.0 Å². The molecule has 25 heteroatoms.